The minimum atomic E-state index is -0.185. The van der Waals surface area contributed by atoms with E-state index in [1.54, 1.807) is 23.2 Å². The van der Waals surface area contributed by atoms with Crippen LogP contribution >= 0.6 is 11.3 Å². The smallest absolute Gasteiger partial charge is 0.294 e. The summed E-state index contributed by atoms with van der Waals surface area (Å²) in [6, 6.07) is 21.4. The van der Waals surface area contributed by atoms with Crippen molar-refractivity contribution < 1.29 is 9.21 Å². The minimum Gasteiger partial charge on any atom is -0.459 e. The van der Waals surface area contributed by atoms with E-state index in [2.05, 4.69) is 17.1 Å². The Morgan fingerprint density at radius 1 is 1.00 bits per heavy atom. The molecular weight excluding hydrogens is 344 g/mol. The third-order valence-corrected chi connectivity index (χ3v) is 4.78. The summed E-state index contributed by atoms with van der Waals surface area (Å²) in [6.07, 6.45) is 3.26. The van der Waals surface area contributed by atoms with Crippen LogP contribution in [-0.2, 0) is 6.54 Å². The topological polar surface area (TPSA) is 46.3 Å². The van der Waals surface area contributed by atoms with Crippen molar-refractivity contribution >= 4 is 22.9 Å². The van der Waals surface area contributed by atoms with Crippen LogP contribution in [0.4, 0.5) is 5.69 Å². The van der Waals surface area contributed by atoms with Crippen LogP contribution in [0, 0.1) is 0 Å². The summed E-state index contributed by atoms with van der Waals surface area (Å²) in [6.45, 7) is 0.398. The van der Waals surface area contributed by atoms with Gasteiger partial charge in [0.25, 0.3) is 5.91 Å². The number of carbonyl (C=O) groups is 1. The summed E-state index contributed by atoms with van der Waals surface area (Å²) in [4.78, 5) is 19.0. The highest BCUT2D eigenvalue weighted by atomic mass is 32.1. The number of amides is 1. The second-order valence-electron chi connectivity index (χ2n) is 5.71. The Hall–Kier alpha value is -3.18. The quantitative estimate of drug-likeness (QED) is 0.488. The Labute approximate surface area is 155 Å². The molecule has 0 atom stereocenters. The number of hydrogen-bond donors (Lipinski definition) is 0. The number of nitrogens with zero attached hydrogens (tertiary/aromatic N) is 2. The van der Waals surface area contributed by atoms with Gasteiger partial charge < -0.3 is 4.42 Å². The molecule has 2 aromatic carbocycles. The molecule has 4 aromatic rings. The largest absolute Gasteiger partial charge is 0.459 e. The van der Waals surface area contributed by atoms with E-state index in [-0.39, 0.29) is 5.91 Å². The Balaban J connectivity index is 1.73. The molecule has 4 rings (SSSR count). The number of carbonyl (C=O) groups excluding carboxylic acids is 1. The first-order chi connectivity index (χ1) is 12.8. The molecule has 26 heavy (non-hydrogen) atoms. The Bertz CT molecular complexity index is 980. The van der Waals surface area contributed by atoms with Gasteiger partial charge in [0.05, 0.1) is 12.8 Å². The average molecular weight is 360 g/mol. The van der Waals surface area contributed by atoms with E-state index in [0.717, 1.165) is 21.8 Å². The van der Waals surface area contributed by atoms with E-state index in [4.69, 9.17) is 4.42 Å². The first kappa shape index (κ1) is 16.3. The molecule has 0 aliphatic carbocycles. The molecule has 0 aliphatic heterocycles. The number of benzene rings is 2. The lowest BCUT2D eigenvalue weighted by atomic mass is 10.0. The van der Waals surface area contributed by atoms with Gasteiger partial charge in [-0.15, -0.1) is 11.3 Å². The minimum absolute atomic E-state index is 0.185. The molecule has 0 unspecified atom stereocenters. The molecule has 2 aromatic heterocycles. The molecule has 0 aliphatic rings. The van der Waals surface area contributed by atoms with Gasteiger partial charge in [-0.1, -0.05) is 42.5 Å². The Morgan fingerprint density at radius 2 is 1.85 bits per heavy atom. The zero-order valence-corrected chi connectivity index (χ0v) is 14.7. The number of rotatable bonds is 5. The van der Waals surface area contributed by atoms with Gasteiger partial charge in [0.1, 0.15) is 5.01 Å². The fourth-order valence-electron chi connectivity index (χ4n) is 2.76. The van der Waals surface area contributed by atoms with E-state index in [1.807, 2.05) is 47.8 Å². The van der Waals surface area contributed by atoms with Crippen LogP contribution in [0.1, 0.15) is 15.6 Å². The van der Waals surface area contributed by atoms with Crippen LogP contribution in [0.25, 0.3) is 11.1 Å². The summed E-state index contributed by atoms with van der Waals surface area (Å²) >= 11 is 1.53. The van der Waals surface area contributed by atoms with Crippen molar-refractivity contribution in [3.05, 3.63) is 95.3 Å². The Morgan fingerprint density at radius 3 is 2.58 bits per heavy atom. The lowest BCUT2D eigenvalue weighted by molar-refractivity contribution is 0.0958. The van der Waals surface area contributed by atoms with Crippen LogP contribution < -0.4 is 4.90 Å². The standard InChI is InChI=1S/C21H16N2O2S/c24-21(19-10-5-12-25-19)23(15-20-22-11-13-26-20)18-9-4-8-17(14-18)16-6-2-1-3-7-16/h1-14H,15H2. The third kappa shape index (κ3) is 3.43. The van der Waals surface area contributed by atoms with Crippen LogP contribution in [0.2, 0.25) is 0 Å². The van der Waals surface area contributed by atoms with Crippen LogP contribution in [0.15, 0.2) is 89.0 Å². The summed E-state index contributed by atoms with van der Waals surface area (Å²) in [7, 11) is 0. The zero-order chi connectivity index (χ0) is 17.8. The monoisotopic (exact) mass is 360 g/mol. The molecule has 1 amide bonds. The maximum absolute atomic E-state index is 13.0. The highest BCUT2D eigenvalue weighted by Gasteiger charge is 2.21. The van der Waals surface area contributed by atoms with Crippen molar-refractivity contribution in [1.82, 2.24) is 4.98 Å². The van der Waals surface area contributed by atoms with Crippen molar-refractivity contribution in [2.24, 2.45) is 0 Å². The lowest BCUT2D eigenvalue weighted by Gasteiger charge is -2.21. The summed E-state index contributed by atoms with van der Waals surface area (Å²) in [5, 5.41) is 2.78. The molecule has 0 saturated carbocycles. The Kier molecular flexibility index (Phi) is 4.62. The first-order valence-corrected chi connectivity index (χ1v) is 9.08. The highest BCUT2D eigenvalue weighted by Crippen LogP contribution is 2.27. The van der Waals surface area contributed by atoms with Crippen molar-refractivity contribution in [3.8, 4) is 11.1 Å². The number of aromatic nitrogens is 1. The molecule has 0 bridgehead atoms. The average Bonchev–Trinajstić information content (AvgIpc) is 3.40. The molecule has 5 heteroatoms. The van der Waals surface area contributed by atoms with E-state index >= 15 is 0 Å². The predicted molar refractivity (Wildman–Crippen MR) is 103 cm³/mol. The van der Waals surface area contributed by atoms with Gasteiger partial charge in [-0.3, -0.25) is 9.69 Å². The van der Waals surface area contributed by atoms with Crippen molar-refractivity contribution in [3.63, 3.8) is 0 Å². The second-order valence-corrected chi connectivity index (χ2v) is 6.69. The summed E-state index contributed by atoms with van der Waals surface area (Å²) < 4.78 is 5.32. The normalized spacial score (nSPS) is 10.6. The highest BCUT2D eigenvalue weighted by molar-refractivity contribution is 7.09. The van der Waals surface area contributed by atoms with E-state index in [0.29, 0.717) is 12.3 Å². The van der Waals surface area contributed by atoms with Crippen LogP contribution in [0.5, 0.6) is 0 Å². The van der Waals surface area contributed by atoms with E-state index in [9.17, 15) is 4.79 Å². The number of furan rings is 1. The third-order valence-electron chi connectivity index (χ3n) is 4.02. The molecular formula is C21H16N2O2S. The fourth-order valence-corrected chi connectivity index (χ4v) is 3.37. The van der Waals surface area contributed by atoms with Gasteiger partial charge in [0, 0.05) is 17.3 Å². The molecule has 0 saturated heterocycles. The summed E-state index contributed by atoms with van der Waals surface area (Å²) in [5.41, 5.74) is 2.97. The lowest BCUT2D eigenvalue weighted by Crippen LogP contribution is -2.30. The first-order valence-electron chi connectivity index (χ1n) is 8.20. The van der Waals surface area contributed by atoms with Gasteiger partial charge in [-0.2, -0.15) is 0 Å². The maximum Gasteiger partial charge on any atom is 0.294 e. The molecule has 0 fully saturated rings. The number of thiazole rings is 1. The van der Waals surface area contributed by atoms with E-state index in [1.165, 1.54) is 17.6 Å². The molecule has 2 heterocycles. The van der Waals surface area contributed by atoms with Crippen molar-refractivity contribution in [1.29, 1.82) is 0 Å². The van der Waals surface area contributed by atoms with Gasteiger partial charge in [0.15, 0.2) is 5.76 Å². The SMILES string of the molecule is O=C(c1ccco1)N(Cc1nccs1)c1cccc(-c2ccccc2)c1. The van der Waals surface area contributed by atoms with Crippen molar-refractivity contribution in [2.45, 2.75) is 6.54 Å². The van der Waals surface area contributed by atoms with Gasteiger partial charge >= 0.3 is 0 Å². The molecule has 0 spiro atoms. The zero-order valence-electron chi connectivity index (χ0n) is 13.9. The molecule has 0 radical (unpaired) electrons. The molecule has 4 nitrogen and oxygen atoms in total. The maximum atomic E-state index is 13.0. The number of anilines is 1. The van der Waals surface area contributed by atoms with E-state index < -0.39 is 0 Å². The van der Waals surface area contributed by atoms with Crippen molar-refractivity contribution in [2.75, 3.05) is 4.90 Å². The van der Waals surface area contributed by atoms with Gasteiger partial charge in [-0.25, -0.2) is 4.98 Å². The van der Waals surface area contributed by atoms with Gasteiger partial charge in [0.2, 0.25) is 0 Å². The second kappa shape index (κ2) is 7.37. The summed E-state index contributed by atoms with van der Waals surface area (Å²) in [5.74, 6) is 0.127. The molecule has 128 valence electrons. The van der Waals surface area contributed by atoms with Crippen LogP contribution in [-0.4, -0.2) is 10.9 Å². The fraction of sp³-hybridized carbons (Fsp3) is 0.0476. The van der Waals surface area contributed by atoms with Gasteiger partial charge in [-0.05, 0) is 35.4 Å². The predicted octanol–water partition coefficient (Wildman–Crippen LogP) is 5.25. The van der Waals surface area contributed by atoms with Crippen LogP contribution in [0.3, 0.4) is 0 Å². The number of hydrogen-bond acceptors (Lipinski definition) is 4. The molecule has 0 N–H and O–H groups in total.